The third kappa shape index (κ3) is 4.57. The van der Waals surface area contributed by atoms with Crippen molar-refractivity contribution >= 4 is 29.1 Å². The molecule has 0 heterocycles. The summed E-state index contributed by atoms with van der Waals surface area (Å²) in [7, 11) is 1.82. The third-order valence-electron chi connectivity index (χ3n) is 2.63. The highest BCUT2D eigenvalue weighted by Crippen LogP contribution is 2.21. The first-order valence-electron chi connectivity index (χ1n) is 5.72. The Morgan fingerprint density at radius 1 is 1.35 bits per heavy atom. The number of benzene rings is 1. The molecule has 1 amide bonds. The molecule has 0 aromatic heterocycles. The van der Waals surface area contributed by atoms with Crippen molar-refractivity contribution in [3.63, 3.8) is 0 Å². The van der Waals surface area contributed by atoms with Crippen LogP contribution in [0.4, 0.5) is 0 Å². The first kappa shape index (κ1) is 14.3. The van der Waals surface area contributed by atoms with E-state index in [1.54, 1.807) is 23.1 Å². The molecule has 94 valence electrons. The molecule has 17 heavy (non-hydrogen) atoms. The number of halogens is 2. The van der Waals surface area contributed by atoms with Crippen molar-refractivity contribution in [2.45, 2.75) is 26.2 Å². The average Bonchev–Trinajstić information content (AvgIpc) is 2.29. The molecule has 0 bridgehead atoms. The Balaban J connectivity index is 2.61. The lowest BCUT2D eigenvalue weighted by molar-refractivity contribution is -0.129. The number of hydrogen-bond donors (Lipinski definition) is 0. The number of amides is 1. The van der Waals surface area contributed by atoms with Crippen molar-refractivity contribution in [1.82, 2.24) is 4.90 Å². The highest BCUT2D eigenvalue weighted by atomic mass is 35.5. The maximum atomic E-state index is 11.9. The van der Waals surface area contributed by atoms with E-state index in [0.29, 0.717) is 16.5 Å². The Morgan fingerprint density at radius 2 is 2.06 bits per heavy atom. The smallest absolute Gasteiger partial charge is 0.226 e. The minimum absolute atomic E-state index is 0.0858. The molecule has 0 spiro atoms. The van der Waals surface area contributed by atoms with E-state index < -0.39 is 0 Å². The van der Waals surface area contributed by atoms with Crippen LogP contribution in [0, 0.1) is 0 Å². The second kappa shape index (κ2) is 6.87. The van der Waals surface area contributed by atoms with Gasteiger partial charge >= 0.3 is 0 Å². The molecule has 1 aromatic rings. The summed E-state index contributed by atoms with van der Waals surface area (Å²) in [4.78, 5) is 13.6. The largest absolute Gasteiger partial charge is 0.345 e. The molecule has 0 unspecified atom stereocenters. The van der Waals surface area contributed by atoms with Gasteiger partial charge in [0.1, 0.15) is 0 Å². The molecule has 0 atom stereocenters. The van der Waals surface area contributed by atoms with E-state index in [-0.39, 0.29) is 5.91 Å². The van der Waals surface area contributed by atoms with Crippen LogP contribution in [0.15, 0.2) is 18.2 Å². The highest BCUT2D eigenvalue weighted by Gasteiger charge is 2.11. The van der Waals surface area contributed by atoms with Gasteiger partial charge in [0.05, 0.1) is 6.42 Å². The van der Waals surface area contributed by atoms with E-state index >= 15 is 0 Å². The fraction of sp³-hybridized carbons (Fsp3) is 0.462. The second-order valence-electron chi connectivity index (χ2n) is 4.08. The molecular weight excluding hydrogens is 257 g/mol. The van der Waals surface area contributed by atoms with Gasteiger partial charge < -0.3 is 4.90 Å². The Kier molecular flexibility index (Phi) is 5.79. The van der Waals surface area contributed by atoms with Gasteiger partial charge in [-0.05, 0) is 24.1 Å². The number of unbranched alkanes of at least 4 members (excludes halogenated alkanes) is 1. The summed E-state index contributed by atoms with van der Waals surface area (Å²) in [5.41, 5.74) is 0.824. The van der Waals surface area contributed by atoms with Crippen molar-refractivity contribution in [2.24, 2.45) is 0 Å². The summed E-state index contributed by atoms with van der Waals surface area (Å²) in [5, 5.41) is 1.14. The topological polar surface area (TPSA) is 20.3 Å². The predicted molar refractivity (Wildman–Crippen MR) is 72.7 cm³/mol. The number of rotatable bonds is 5. The molecule has 0 radical (unpaired) electrons. The number of likely N-dealkylation sites (N-methyl/N-ethyl adjacent to an activating group) is 1. The quantitative estimate of drug-likeness (QED) is 0.799. The minimum atomic E-state index is 0.0858. The lowest BCUT2D eigenvalue weighted by Gasteiger charge is -2.17. The summed E-state index contributed by atoms with van der Waals surface area (Å²) in [6, 6.07) is 5.22. The lowest BCUT2D eigenvalue weighted by atomic mass is 10.1. The van der Waals surface area contributed by atoms with Gasteiger partial charge in [-0.2, -0.15) is 0 Å². The van der Waals surface area contributed by atoms with Crippen LogP contribution in [0.1, 0.15) is 25.3 Å². The van der Waals surface area contributed by atoms with Crippen molar-refractivity contribution in [3.8, 4) is 0 Å². The number of nitrogens with zero attached hydrogens (tertiary/aromatic N) is 1. The summed E-state index contributed by atoms with van der Waals surface area (Å²) >= 11 is 11.8. The Hall–Kier alpha value is -0.730. The zero-order chi connectivity index (χ0) is 12.8. The molecule has 0 saturated heterocycles. The molecule has 0 N–H and O–H groups in total. The van der Waals surface area contributed by atoms with Gasteiger partial charge in [-0.1, -0.05) is 42.6 Å². The van der Waals surface area contributed by atoms with Crippen molar-refractivity contribution in [2.75, 3.05) is 13.6 Å². The van der Waals surface area contributed by atoms with Crippen molar-refractivity contribution in [1.29, 1.82) is 0 Å². The van der Waals surface area contributed by atoms with E-state index in [4.69, 9.17) is 23.2 Å². The molecule has 1 rings (SSSR count). The second-order valence-corrected chi connectivity index (χ2v) is 4.92. The van der Waals surface area contributed by atoms with E-state index in [1.807, 2.05) is 7.05 Å². The Bertz CT molecular complexity index is 393. The van der Waals surface area contributed by atoms with Crippen LogP contribution in [0.25, 0.3) is 0 Å². The van der Waals surface area contributed by atoms with Gasteiger partial charge in [-0.3, -0.25) is 4.79 Å². The van der Waals surface area contributed by atoms with E-state index in [2.05, 4.69) is 6.92 Å². The number of carbonyl (C=O) groups excluding carboxylic acids is 1. The number of carbonyl (C=O) groups is 1. The zero-order valence-electron chi connectivity index (χ0n) is 10.2. The predicted octanol–water partition coefficient (Wildman–Crippen LogP) is 3.79. The van der Waals surface area contributed by atoms with E-state index in [9.17, 15) is 4.79 Å². The van der Waals surface area contributed by atoms with Crippen LogP contribution in [-0.2, 0) is 11.2 Å². The number of hydrogen-bond acceptors (Lipinski definition) is 1. The van der Waals surface area contributed by atoms with Crippen LogP contribution in [0.3, 0.4) is 0 Å². The third-order valence-corrected chi connectivity index (χ3v) is 3.22. The van der Waals surface area contributed by atoms with Crippen LogP contribution >= 0.6 is 23.2 Å². The van der Waals surface area contributed by atoms with Gasteiger partial charge in [-0.15, -0.1) is 0 Å². The van der Waals surface area contributed by atoms with Gasteiger partial charge in [-0.25, -0.2) is 0 Å². The average molecular weight is 274 g/mol. The van der Waals surface area contributed by atoms with Gasteiger partial charge in [0.2, 0.25) is 5.91 Å². The summed E-state index contributed by atoms with van der Waals surface area (Å²) in [5.74, 6) is 0.0858. The molecule has 0 aliphatic carbocycles. The first-order valence-corrected chi connectivity index (χ1v) is 6.48. The molecule has 0 fully saturated rings. The summed E-state index contributed by atoms with van der Waals surface area (Å²) < 4.78 is 0. The Labute approximate surface area is 113 Å². The molecule has 0 aliphatic rings. The van der Waals surface area contributed by atoms with E-state index in [1.165, 1.54) is 0 Å². The van der Waals surface area contributed by atoms with Crippen LogP contribution in [0.2, 0.25) is 10.0 Å². The monoisotopic (exact) mass is 273 g/mol. The maximum Gasteiger partial charge on any atom is 0.226 e. The molecular formula is C13H17Cl2NO. The van der Waals surface area contributed by atoms with Crippen LogP contribution in [0.5, 0.6) is 0 Å². The van der Waals surface area contributed by atoms with Gasteiger partial charge in [0, 0.05) is 23.6 Å². The molecule has 1 aromatic carbocycles. The summed E-state index contributed by atoms with van der Waals surface area (Å²) in [6.07, 6.45) is 2.44. The molecule has 0 aliphatic heterocycles. The molecule has 4 heteroatoms. The van der Waals surface area contributed by atoms with E-state index in [0.717, 1.165) is 24.9 Å². The fourth-order valence-electron chi connectivity index (χ4n) is 1.48. The van der Waals surface area contributed by atoms with Crippen LogP contribution < -0.4 is 0 Å². The van der Waals surface area contributed by atoms with Crippen molar-refractivity contribution in [3.05, 3.63) is 33.8 Å². The zero-order valence-corrected chi connectivity index (χ0v) is 11.7. The normalized spacial score (nSPS) is 10.4. The van der Waals surface area contributed by atoms with Crippen molar-refractivity contribution < 1.29 is 4.79 Å². The molecule has 0 saturated carbocycles. The van der Waals surface area contributed by atoms with Crippen LogP contribution in [-0.4, -0.2) is 24.4 Å². The highest BCUT2D eigenvalue weighted by molar-refractivity contribution is 6.35. The first-order chi connectivity index (χ1) is 8.04. The lowest BCUT2D eigenvalue weighted by Crippen LogP contribution is -2.29. The minimum Gasteiger partial charge on any atom is -0.345 e. The molecule has 2 nitrogen and oxygen atoms in total. The Morgan fingerprint density at radius 3 is 2.65 bits per heavy atom. The van der Waals surface area contributed by atoms with Gasteiger partial charge in [0.15, 0.2) is 0 Å². The maximum absolute atomic E-state index is 11.9. The standard InChI is InChI=1S/C13H17Cl2NO/c1-3-4-7-16(2)13(17)8-10-5-6-11(14)9-12(10)15/h5-6,9H,3-4,7-8H2,1-2H3. The SMILES string of the molecule is CCCCN(C)C(=O)Cc1ccc(Cl)cc1Cl. The van der Waals surface area contributed by atoms with Gasteiger partial charge in [0.25, 0.3) is 0 Å². The summed E-state index contributed by atoms with van der Waals surface area (Å²) in [6.45, 7) is 2.90. The fourth-order valence-corrected chi connectivity index (χ4v) is 1.96.